The van der Waals surface area contributed by atoms with E-state index in [0.717, 1.165) is 64.2 Å². The number of methoxy groups -OCH3 is 1. The Kier molecular flexibility index (Phi) is 5.14. The monoisotopic (exact) mass is 471 g/mol. The molecule has 0 saturated carbocycles. The maximum Gasteiger partial charge on any atom is 0.435 e. The zero-order valence-corrected chi connectivity index (χ0v) is 18.1. The molecule has 4 aromatic rings. The normalized spacial score (nSPS) is 13.3. The molecule has 1 aliphatic rings. The number of nitrogens with zero attached hydrogens (tertiary/aromatic N) is 5. The van der Waals surface area contributed by atoms with Gasteiger partial charge in [-0.2, -0.15) is 18.3 Å². The number of nitrogens with one attached hydrogen (secondary N) is 1. The molecule has 1 aromatic carbocycles. The zero-order chi connectivity index (χ0) is 24.0. The zero-order valence-electron chi connectivity index (χ0n) is 18.1. The number of nitrogen functional groups attached to an aromatic ring is 1. The van der Waals surface area contributed by atoms with E-state index in [-0.39, 0.29) is 6.54 Å². The molecule has 3 aromatic heterocycles. The molecule has 0 spiro atoms. The maximum absolute atomic E-state index is 12.7. The summed E-state index contributed by atoms with van der Waals surface area (Å²) < 4.78 is 46.6. The predicted molar refractivity (Wildman–Crippen MR) is 118 cm³/mol. The van der Waals surface area contributed by atoms with E-state index in [2.05, 4.69) is 20.4 Å². The number of carbonyl (C=O) groups is 1. The number of anilines is 2. The molecule has 1 amide bonds. The van der Waals surface area contributed by atoms with Gasteiger partial charge in [0.2, 0.25) is 5.91 Å². The van der Waals surface area contributed by atoms with Gasteiger partial charge in [-0.1, -0.05) is 0 Å². The highest BCUT2D eigenvalue weighted by molar-refractivity contribution is 5.93. The minimum atomic E-state index is -4.57. The van der Waals surface area contributed by atoms with E-state index in [1.165, 1.54) is 13.4 Å². The van der Waals surface area contributed by atoms with Crippen LogP contribution in [0.25, 0.3) is 16.7 Å². The molecule has 0 radical (unpaired) electrons. The number of aromatic nitrogens is 5. The predicted octanol–water partition coefficient (Wildman–Crippen LogP) is 3.35. The fraction of sp³-hybridized carbons (Fsp3) is 0.273. The van der Waals surface area contributed by atoms with Gasteiger partial charge in [-0.3, -0.25) is 9.48 Å². The van der Waals surface area contributed by atoms with E-state index >= 15 is 0 Å². The highest BCUT2D eigenvalue weighted by atomic mass is 19.4. The Balaban J connectivity index is 1.44. The average molecular weight is 471 g/mol. The summed E-state index contributed by atoms with van der Waals surface area (Å²) in [5.74, 6) is 0.201. The molecule has 9 nitrogen and oxygen atoms in total. The molecule has 34 heavy (non-hydrogen) atoms. The number of aryl methyl sites for hydroxylation is 1. The van der Waals surface area contributed by atoms with Crippen LogP contribution in [-0.2, 0) is 30.4 Å². The van der Waals surface area contributed by atoms with Gasteiger partial charge in [-0.25, -0.2) is 9.97 Å². The first-order valence-corrected chi connectivity index (χ1v) is 10.5. The van der Waals surface area contributed by atoms with Crippen molar-refractivity contribution in [1.82, 2.24) is 24.3 Å². The molecule has 3 N–H and O–H groups in total. The summed E-state index contributed by atoms with van der Waals surface area (Å²) in [5.41, 5.74) is 10.1. The number of hydrogen-bond acceptors (Lipinski definition) is 6. The van der Waals surface area contributed by atoms with Gasteiger partial charge in [0.05, 0.1) is 18.3 Å². The third-order valence-electron chi connectivity index (χ3n) is 5.77. The van der Waals surface area contributed by atoms with Crippen LogP contribution in [0.1, 0.15) is 23.4 Å². The van der Waals surface area contributed by atoms with Crippen molar-refractivity contribution in [3.05, 3.63) is 53.7 Å². The standard InChI is InChI=1S/C22H20F3N7O2/c1-34-16-9-12(32-15-4-2-3-13(15)19-20(32)21(26)28-11-27-19)5-6-14(16)29-18(33)10-31-8-7-17(30-31)22(23,24)25/h5-9,11H,2-4,10H2,1H3,(H,29,33)(H2,26,27,28). The summed E-state index contributed by atoms with van der Waals surface area (Å²) in [7, 11) is 1.47. The van der Waals surface area contributed by atoms with Crippen molar-refractivity contribution >= 4 is 28.4 Å². The summed E-state index contributed by atoms with van der Waals surface area (Å²) >= 11 is 0. The van der Waals surface area contributed by atoms with Crippen molar-refractivity contribution in [3.8, 4) is 11.4 Å². The number of alkyl halides is 3. The number of amides is 1. The van der Waals surface area contributed by atoms with Gasteiger partial charge in [0.25, 0.3) is 0 Å². The molecule has 12 heteroatoms. The Morgan fingerprint density at radius 1 is 1.24 bits per heavy atom. The molecule has 3 heterocycles. The highest BCUT2D eigenvalue weighted by Crippen LogP contribution is 2.38. The van der Waals surface area contributed by atoms with Crippen LogP contribution in [0, 0.1) is 0 Å². The number of fused-ring (bicyclic) bond motifs is 3. The van der Waals surface area contributed by atoms with Crippen LogP contribution in [0.2, 0.25) is 0 Å². The number of benzene rings is 1. The van der Waals surface area contributed by atoms with E-state index in [9.17, 15) is 18.0 Å². The molecule has 0 fully saturated rings. The molecule has 1 aliphatic carbocycles. The molecule has 0 unspecified atom stereocenters. The van der Waals surface area contributed by atoms with Gasteiger partial charge in [-0.05, 0) is 43.0 Å². The summed E-state index contributed by atoms with van der Waals surface area (Å²) in [6.45, 7) is -0.384. The molecular weight excluding hydrogens is 451 g/mol. The van der Waals surface area contributed by atoms with Gasteiger partial charge >= 0.3 is 6.18 Å². The van der Waals surface area contributed by atoms with E-state index in [0.29, 0.717) is 17.3 Å². The number of hydrogen-bond donors (Lipinski definition) is 2. The quantitative estimate of drug-likeness (QED) is 0.462. The lowest BCUT2D eigenvalue weighted by atomic mass is 10.2. The van der Waals surface area contributed by atoms with Crippen molar-refractivity contribution in [2.24, 2.45) is 0 Å². The van der Waals surface area contributed by atoms with Crippen LogP contribution < -0.4 is 15.8 Å². The minimum absolute atomic E-state index is 0.369. The van der Waals surface area contributed by atoms with E-state index in [1.807, 2.05) is 4.57 Å². The van der Waals surface area contributed by atoms with E-state index in [1.54, 1.807) is 18.2 Å². The lowest BCUT2D eigenvalue weighted by Gasteiger charge is -2.15. The van der Waals surface area contributed by atoms with Crippen LogP contribution >= 0.6 is 0 Å². The van der Waals surface area contributed by atoms with Gasteiger partial charge in [-0.15, -0.1) is 0 Å². The van der Waals surface area contributed by atoms with Gasteiger partial charge in [0, 0.05) is 23.6 Å². The third-order valence-corrected chi connectivity index (χ3v) is 5.77. The molecule has 5 rings (SSSR count). The summed E-state index contributed by atoms with van der Waals surface area (Å²) in [4.78, 5) is 21.0. The van der Waals surface area contributed by atoms with Gasteiger partial charge in [0.15, 0.2) is 11.5 Å². The summed E-state index contributed by atoms with van der Waals surface area (Å²) in [6.07, 6.45) is 0.779. The number of carbonyl (C=O) groups excluding carboxylic acids is 1. The topological polar surface area (TPSA) is 113 Å². The van der Waals surface area contributed by atoms with Crippen LogP contribution in [-0.4, -0.2) is 37.3 Å². The van der Waals surface area contributed by atoms with Crippen molar-refractivity contribution < 1.29 is 22.7 Å². The fourth-order valence-electron chi connectivity index (χ4n) is 4.34. The third kappa shape index (κ3) is 3.70. The first-order chi connectivity index (χ1) is 16.3. The molecule has 0 bridgehead atoms. The molecular formula is C22H20F3N7O2. The van der Waals surface area contributed by atoms with Crippen molar-refractivity contribution in [3.63, 3.8) is 0 Å². The smallest absolute Gasteiger partial charge is 0.435 e. The highest BCUT2D eigenvalue weighted by Gasteiger charge is 2.33. The van der Waals surface area contributed by atoms with E-state index < -0.39 is 17.8 Å². The van der Waals surface area contributed by atoms with Crippen LogP contribution in [0.3, 0.4) is 0 Å². The van der Waals surface area contributed by atoms with E-state index in [4.69, 9.17) is 10.5 Å². The second kappa shape index (κ2) is 8.04. The number of halogens is 3. The lowest BCUT2D eigenvalue weighted by molar-refractivity contribution is -0.141. The second-order valence-corrected chi connectivity index (χ2v) is 7.90. The van der Waals surface area contributed by atoms with Crippen LogP contribution in [0.5, 0.6) is 5.75 Å². The Hall–Kier alpha value is -4.09. The Morgan fingerprint density at radius 3 is 2.79 bits per heavy atom. The Morgan fingerprint density at radius 2 is 2.06 bits per heavy atom. The second-order valence-electron chi connectivity index (χ2n) is 7.90. The minimum Gasteiger partial charge on any atom is -0.494 e. The van der Waals surface area contributed by atoms with Crippen molar-refractivity contribution in [2.75, 3.05) is 18.2 Å². The van der Waals surface area contributed by atoms with Gasteiger partial charge < -0.3 is 20.4 Å². The summed E-state index contributed by atoms with van der Waals surface area (Å²) in [5, 5.41) is 6.06. The fourth-order valence-corrected chi connectivity index (χ4v) is 4.34. The molecule has 0 atom stereocenters. The molecule has 0 saturated heterocycles. The number of ether oxygens (including phenoxy) is 1. The largest absolute Gasteiger partial charge is 0.494 e. The molecule has 0 aliphatic heterocycles. The lowest BCUT2D eigenvalue weighted by Crippen LogP contribution is -2.20. The van der Waals surface area contributed by atoms with Crippen LogP contribution in [0.15, 0.2) is 36.8 Å². The first kappa shape index (κ1) is 21.7. The number of nitrogens with two attached hydrogens (primary N) is 1. The summed E-state index contributed by atoms with van der Waals surface area (Å²) in [6, 6.07) is 6.05. The van der Waals surface area contributed by atoms with Gasteiger partial charge in [0.1, 0.15) is 24.1 Å². The van der Waals surface area contributed by atoms with Crippen molar-refractivity contribution in [2.45, 2.75) is 32.0 Å². The van der Waals surface area contributed by atoms with Crippen LogP contribution in [0.4, 0.5) is 24.7 Å². The maximum atomic E-state index is 12.7. The molecule has 176 valence electrons. The Bertz CT molecular complexity index is 1410. The SMILES string of the molecule is COc1cc(-n2c3c(c4ncnc(N)c42)CCC3)ccc1NC(=O)Cn1ccc(C(F)(F)F)n1. The van der Waals surface area contributed by atoms with Crippen molar-refractivity contribution in [1.29, 1.82) is 0 Å². The number of rotatable bonds is 5. The Labute approximate surface area is 191 Å². The first-order valence-electron chi connectivity index (χ1n) is 10.5. The average Bonchev–Trinajstić information content (AvgIpc) is 3.50.